The lowest BCUT2D eigenvalue weighted by Crippen LogP contribution is -2.20. The van der Waals surface area contributed by atoms with Crippen molar-refractivity contribution in [3.8, 4) is 5.75 Å². The number of hydrogen-bond acceptors (Lipinski definition) is 2. The SMILES string of the molecule is COc1ccc(F)cc1/C=C/CCNCC(C)C. The molecule has 0 aliphatic rings. The van der Waals surface area contributed by atoms with Crippen molar-refractivity contribution in [2.45, 2.75) is 20.3 Å². The summed E-state index contributed by atoms with van der Waals surface area (Å²) >= 11 is 0. The first kappa shape index (κ1) is 14.7. The molecule has 0 aliphatic carbocycles. The van der Waals surface area contributed by atoms with Gasteiger partial charge in [0.25, 0.3) is 0 Å². The molecule has 0 bridgehead atoms. The number of nitrogens with one attached hydrogen (secondary N) is 1. The van der Waals surface area contributed by atoms with Gasteiger partial charge >= 0.3 is 0 Å². The standard InChI is InChI=1S/C15H22FNO/c1-12(2)11-17-9-5-4-6-13-10-14(16)7-8-15(13)18-3/h4,6-8,10,12,17H,5,9,11H2,1-3H3/b6-4+. The van der Waals surface area contributed by atoms with E-state index in [4.69, 9.17) is 4.74 Å². The van der Waals surface area contributed by atoms with E-state index in [1.807, 2.05) is 12.2 Å². The first-order valence-corrected chi connectivity index (χ1v) is 6.34. The quantitative estimate of drug-likeness (QED) is 0.749. The Morgan fingerprint density at radius 3 is 2.83 bits per heavy atom. The second kappa shape index (κ2) is 7.88. The van der Waals surface area contributed by atoms with Gasteiger partial charge in [0.1, 0.15) is 11.6 Å². The Morgan fingerprint density at radius 2 is 2.17 bits per heavy atom. The van der Waals surface area contributed by atoms with Crippen molar-refractivity contribution in [2.75, 3.05) is 20.2 Å². The maximum Gasteiger partial charge on any atom is 0.126 e. The van der Waals surface area contributed by atoms with Gasteiger partial charge in [-0.05, 0) is 43.6 Å². The molecule has 0 atom stereocenters. The Kier molecular flexibility index (Phi) is 6.44. The Balaban J connectivity index is 2.43. The van der Waals surface area contributed by atoms with Crippen LogP contribution in [0.4, 0.5) is 4.39 Å². The van der Waals surface area contributed by atoms with Gasteiger partial charge in [0.05, 0.1) is 7.11 Å². The highest BCUT2D eigenvalue weighted by atomic mass is 19.1. The zero-order valence-electron chi connectivity index (χ0n) is 11.4. The molecule has 18 heavy (non-hydrogen) atoms. The molecule has 0 spiro atoms. The summed E-state index contributed by atoms with van der Waals surface area (Å²) in [6.07, 6.45) is 4.86. The molecule has 0 saturated carbocycles. The lowest BCUT2D eigenvalue weighted by molar-refractivity contribution is 0.412. The van der Waals surface area contributed by atoms with Gasteiger partial charge < -0.3 is 10.1 Å². The molecule has 2 nitrogen and oxygen atoms in total. The molecule has 0 aliphatic heterocycles. The van der Waals surface area contributed by atoms with Crippen molar-refractivity contribution in [3.05, 3.63) is 35.7 Å². The molecule has 0 saturated heterocycles. The molecular weight excluding hydrogens is 229 g/mol. The van der Waals surface area contributed by atoms with E-state index in [1.165, 1.54) is 12.1 Å². The Morgan fingerprint density at radius 1 is 1.39 bits per heavy atom. The fraction of sp³-hybridized carbons (Fsp3) is 0.467. The highest BCUT2D eigenvalue weighted by Gasteiger charge is 2.00. The Labute approximate surface area is 109 Å². The van der Waals surface area contributed by atoms with E-state index in [0.29, 0.717) is 11.7 Å². The number of benzene rings is 1. The molecule has 1 N–H and O–H groups in total. The maximum absolute atomic E-state index is 13.1. The van der Waals surface area contributed by atoms with E-state index in [1.54, 1.807) is 13.2 Å². The van der Waals surface area contributed by atoms with Crippen LogP contribution < -0.4 is 10.1 Å². The molecule has 0 heterocycles. The maximum atomic E-state index is 13.1. The molecule has 1 aromatic rings. The molecule has 0 fully saturated rings. The van der Waals surface area contributed by atoms with E-state index in [-0.39, 0.29) is 5.82 Å². The third-order valence-electron chi connectivity index (χ3n) is 2.53. The average molecular weight is 251 g/mol. The van der Waals surface area contributed by atoms with E-state index >= 15 is 0 Å². The van der Waals surface area contributed by atoms with Crippen LogP contribution in [-0.4, -0.2) is 20.2 Å². The summed E-state index contributed by atoms with van der Waals surface area (Å²) in [4.78, 5) is 0. The third kappa shape index (κ3) is 5.32. The summed E-state index contributed by atoms with van der Waals surface area (Å²) < 4.78 is 18.3. The minimum atomic E-state index is -0.242. The first-order valence-electron chi connectivity index (χ1n) is 6.34. The number of halogens is 1. The fourth-order valence-electron chi connectivity index (χ4n) is 1.62. The largest absolute Gasteiger partial charge is 0.496 e. The van der Waals surface area contributed by atoms with Crippen LogP contribution in [0.2, 0.25) is 0 Å². The van der Waals surface area contributed by atoms with Gasteiger partial charge in [-0.2, -0.15) is 0 Å². The molecule has 3 heteroatoms. The topological polar surface area (TPSA) is 21.3 Å². The van der Waals surface area contributed by atoms with Crippen LogP contribution in [0.1, 0.15) is 25.8 Å². The number of ether oxygens (including phenoxy) is 1. The summed E-state index contributed by atoms with van der Waals surface area (Å²) in [5.41, 5.74) is 0.779. The summed E-state index contributed by atoms with van der Waals surface area (Å²) in [7, 11) is 1.59. The normalized spacial score (nSPS) is 11.4. The summed E-state index contributed by atoms with van der Waals surface area (Å²) in [5.74, 6) is 1.12. The lowest BCUT2D eigenvalue weighted by atomic mass is 10.1. The van der Waals surface area contributed by atoms with E-state index in [2.05, 4.69) is 19.2 Å². The van der Waals surface area contributed by atoms with Crippen molar-refractivity contribution in [2.24, 2.45) is 5.92 Å². The van der Waals surface area contributed by atoms with Gasteiger partial charge in [0, 0.05) is 5.56 Å². The van der Waals surface area contributed by atoms with E-state index in [9.17, 15) is 4.39 Å². The molecule has 0 radical (unpaired) electrons. The van der Waals surface area contributed by atoms with Crippen LogP contribution in [0.3, 0.4) is 0 Å². The second-order valence-electron chi connectivity index (χ2n) is 4.68. The van der Waals surface area contributed by atoms with Crippen LogP contribution in [0.15, 0.2) is 24.3 Å². The lowest BCUT2D eigenvalue weighted by Gasteiger charge is -2.06. The minimum Gasteiger partial charge on any atom is -0.496 e. The average Bonchev–Trinajstić information content (AvgIpc) is 2.33. The Bertz CT molecular complexity index is 388. The van der Waals surface area contributed by atoms with E-state index < -0.39 is 0 Å². The molecule has 0 aromatic heterocycles. The fourth-order valence-corrected chi connectivity index (χ4v) is 1.62. The molecule has 1 rings (SSSR count). The minimum absolute atomic E-state index is 0.242. The molecule has 1 aromatic carbocycles. The third-order valence-corrected chi connectivity index (χ3v) is 2.53. The van der Waals surface area contributed by atoms with Crippen LogP contribution in [-0.2, 0) is 0 Å². The zero-order valence-corrected chi connectivity index (χ0v) is 11.4. The van der Waals surface area contributed by atoms with Gasteiger partial charge in [-0.15, -0.1) is 0 Å². The van der Waals surface area contributed by atoms with Crippen molar-refractivity contribution >= 4 is 6.08 Å². The highest BCUT2D eigenvalue weighted by molar-refractivity contribution is 5.57. The first-order chi connectivity index (χ1) is 8.63. The van der Waals surface area contributed by atoms with Gasteiger partial charge in [-0.25, -0.2) is 4.39 Å². The van der Waals surface area contributed by atoms with Crippen molar-refractivity contribution in [3.63, 3.8) is 0 Å². The number of hydrogen-bond donors (Lipinski definition) is 1. The van der Waals surface area contributed by atoms with Crippen molar-refractivity contribution < 1.29 is 9.13 Å². The second-order valence-corrected chi connectivity index (χ2v) is 4.68. The predicted molar refractivity (Wildman–Crippen MR) is 74.3 cm³/mol. The van der Waals surface area contributed by atoms with E-state index in [0.717, 1.165) is 25.1 Å². The van der Waals surface area contributed by atoms with Crippen molar-refractivity contribution in [1.29, 1.82) is 0 Å². The van der Waals surface area contributed by atoms with Crippen LogP contribution in [0.5, 0.6) is 5.75 Å². The van der Waals surface area contributed by atoms with Gasteiger partial charge in [-0.3, -0.25) is 0 Å². The van der Waals surface area contributed by atoms with Gasteiger partial charge in [0.2, 0.25) is 0 Å². The molecule has 0 amide bonds. The zero-order chi connectivity index (χ0) is 13.4. The number of methoxy groups -OCH3 is 1. The van der Waals surface area contributed by atoms with Crippen LogP contribution in [0.25, 0.3) is 6.08 Å². The van der Waals surface area contributed by atoms with Crippen LogP contribution >= 0.6 is 0 Å². The summed E-state index contributed by atoms with van der Waals surface area (Å²) in [6, 6.07) is 4.53. The molecule has 0 unspecified atom stereocenters. The smallest absolute Gasteiger partial charge is 0.126 e. The van der Waals surface area contributed by atoms with Gasteiger partial charge in [-0.1, -0.05) is 26.0 Å². The Hall–Kier alpha value is -1.35. The molecule has 100 valence electrons. The summed E-state index contributed by atoms with van der Waals surface area (Å²) in [5, 5.41) is 3.35. The van der Waals surface area contributed by atoms with Crippen LogP contribution in [0, 0.1) is 11.7 Å². The monoisotopic (exact) mass is 251 g/mol. The summed E-state index contributed by atoms with van der Waals surface area (Å²) in [6.45, 7) is 6.32. The highest BCUT2D eigenvalue weighted by Crippen LogP contribution is 2.20. The number of rotatable bonds is 7. The predicted octanol–water partition coefficient (Wildman–Crippen LogP) is 3.48. The van der Waals surface area contributed by atoms with Gasteiger partial charge in [0.15, 0.2) is 0 Å². The van der Waals surface area contributed by atoms with Crippen molar-refractivity contribution in [1.82, 2.24) is 5.32 Å². The molecular formula is C15H22FNO.